The second kappa shape index (κ2) is 6.09. The summed E-state index contributed by atoms with van der Waals surface area (Å²) >= 11 is 0. The Hall–Kier alpha value is -3.82. The lowest BCUT2D eigenvalue weighted by molar-refractivity contribution is 0.0419. The van der Waals surface area contributed by atoms with E-state index in [2.05, 4.69) is 26.0 Å². The Morgan fingerprint density at radius 3 is 3.07 bits per heavy atom. The zero-order valence-electron chi connectivity index (χ0n) is 15.3. The van der Waals surface area contributed by atoms with E-state index in [4.69, 9.17) is 9.15 Å². The maximum absolute atomic E-state index is 13.3. The maximum atomic E-state index is 13.3. The van der Waals surface area contributed by atoms with Crippen LogP contribution in [0.15, 0.2) is 46.4 Å². The fraction of sp³-hybridized carbons (Fsp3) is 0.263. The Bertz CT molecular complexity index is 1140. The number of aromatic nitrogens is 2. The third kappa shape index (κ3) is 2.42. The van der Waals surface area contributed by atoms with E-state index in [-0.39, 0.29) is 18.1 Å². The topological polar surface area (TPSA) is 108 Å². The second-order valence-corrected chi connectivity index (χ2v) is 7.17. The van der Waals surface area contributed by atoms with Crippen LogP contribution in [0.2, 0.25) is 0 Å². The summed E-state index contributed by atoms with van der Waals surface area (Å²) in [4.78, 5) is 23.5. The molecule has 1 saturated heterocycles. The van der Waals surface area contributed by atoms with Crippen molar-refractivity contribution in [2.24, 2.45) is 5.10 Å². The summed E-state index contributed by atoms with van der Waals surface area (Å²) in [7, 11) is 0. The molecule has 1 amide bonds. The summed E-state index contributed by atoms with van der Waals surface area (Å²) in [6.45, 7) is 0.511. The highest BCUT2D eigenvalue weighted by atomic mass is 16.5. The monoisotopic (exact) mass is 391 g/mol. The highest BCUT2D eigenvalue weighted by Crippen LogP contribution is 2.43. The van der Waals surface area contributed by atoms with Gasteiger partial charge in [-0.05, 0) is 24.5 Å². The third-order valence-corrected chi connectivity index (χ3v) is 5.59. The van der Waals surface area contributed by atoms with Gasteiger partial charge >= 0.3 is 0 Å². The van der Waals surface area contributed by atoms with Crippen LogP contribution in [0.1, 0.15) is 34.8 Å². The van der Waals surface area contributed by atoms with Gasteiger partial charge in [0.15, 0.2) is 17.7 Å². The first kappa shape index (κ1) is 16.2. The normalized spacial score (nSPS) is 22.4. The second-order valence-electron chi connectivity index (χ2n) is 7.17. The molecule has 0 unspecified atom stereocenters. The van der Waals surface area contributed by atoms with E-state index in [0.717, 1.165) is 24.1 Å². The molecular weight excluding hydrogens is 374 g/mol. The van der Waals surface area contributed by atoms with Crippen molar-refractivity contribution in [1.29, 1.82) is 0 Å². The molecule has 3 aromatic rings. The van der Waals surface area contributed by atoms with Crippen LogP contribution in [-0.4, -0.2) is 39.8 Å². The molecule has 10 nitrogen and oxygen atoms in total. The van der Waals surface area contributed by atoms with E-state index in [1.54, 1.807) is 17.4 Å². The van der Waals surface area contributed by atoms with Crippen LogP contribution in [0.4, 0.5) is 5.69 Å². The van der Waals surface area contributed by atoms with Crippen LogP contribution in [0.25, 0.3) is 11.2 Å². The highest BCUT2D eigenvalue weighted by Gasteiger charge is 2.43. The van der Waals surface area contributed by atoms with Gasteiger partial charge in [-0.15, -0.1) is 5.10 Å². The molecular formula is C19H17N7O3. The number of hydrogen-bond donors (Lipinski definition) is 2. The van der Waals surface area contributed by atoms with Gasteiger partial charge in [-0.1, -0.05) is 12.1 Å². The van der Waals surface area contributed by atoms with Crippen LogP contribution >= 0.6 is 0 Å². The standard InChI is InChI=1S/C19H17N7O3/c27-19-16-12(2-1-3-14(16)26-23-9-22-24-26)13-5-4-11(8-25(13)19)29-15-6-7-20-18-17(15)21-10-28-18/h1-3,6-7,9-11,13,24H,4-5,8H2,(H,22,23)/t11-,13+/m1/s1. The molecule has 6 rings (SSSR count). The molecule has 10 heteroatoms. The van der Waals surface area contributed by atoms with E-state index in [0.29, 0.717) is 29.1 Å². The first-order chi connectivity index (χ1) is 14.3. The summed E-state index contributed by atoms with van der Waals surface area (Å²) in [6.07, 6.45) is 6.07. The Labute approximate surface area is 165 Å². The van der Waals surface area contributed by atoms with E-state index in [1.165, 1.54) is 12.7 Å². The number of fused-ring (bicyclic) bond motifs is 4. The Morgan fingerprint density at radius 1 is 1.21 bits per heavy atom. The fourth-order valence-corrected chi connectivity index (χ4v) is 4.33. The van der Waals surface area contributed by atoms with Crippen LogP contribution in [0.3, 0.4) is 0 Å². The van der Waals surface area contributed by atoms with Gasteiger partial charge in [-0.3, -0.25) is 10.2 Å². The summed E-state index contributed by atoms with van der Waals surface area (Å²) < 4.78 is 11.4. The summed E-state index contributed by atoms with van der Waals surface area (Å²) in [5, 5.41) is 5.58. The van der Waals surface area contributed by atoms with Crippen LogP contribution in [-0.2, 0) is 0 Å². The lowest BCUT2D eigenvalue weighted by Gasteiger charge is -2.35. The number of ether oxygens (including phenoxy) is 1. The number of carbonyl (C=O) groups excluding carboxylic acids is 1. The van der Waals surface area contributed by atoms with E-state index < -0.39 is 0 Å². The lowest BCUT2D eigenvalue weighted by Crippen LogP contribution is -2.43. The quantitative estimate of drug-likeness (QED) is 0.695. The van der Waals surface area contributed by atoms with Crippen LogP contribution < -0.4 is 20.8 Å². The fourth-order valence-electron chi connectivity index (χ4n) is 4.33. The average Bonchev–Trinajstić information content (AvgIpc) is 3.49. The minimum absolute atomic E-state index is 0.00529. The van der Waals surface area contributed by atoms with Gasteiger partial charge in [0.2, 0.25) is 0 Å². The number of hydrogen-bond acceptors (Lipinski definition) is 9. The molecule has 3 aliphatic heterocycles. The predicted octanol–water partition coefficient (Wildman–Crippen LogP) is 1.73. The van der Waals surface area contributed by atoms with Gasteiger partial charge in [-0.25, -0.2) is 9.97 Å². The molecule has 3 aliphatic rings. The number of carbonyl (C=O) groups is 1. The van der Waals surface area contributed by atoms with Gasteiger partial charge in [0.25, 0.3) is 11.6 Å². The first-order valence-electron chi connectivity index (χ1n) is 9.42. The minimum Gasteiger partial charge on any atom is -0.486 e. The smallest absolute Gasteiger partial charge is 0.257 e. The molecule has 2 aromatic heterocycles. The largest absolute Gasteiger partial charge is 0.486 e. The number of rotatable bonds is 3. The van der Waals surface area contributed by atoms with Crippen molar-refractivity contribution in [3.8, 4) is 5.75 Å². The number of nitrogens with zero attached hydrogens (tertiary/aromatic N) is 5. The molecule has 0 saturated carbocycles. The number of hydrazine groups is 2. The molecule has 2 N–H and O–H groups in total. The number of benzene rings is 1. The van der Waals surface area contributed by atoms with Crippen LogP contribution in [0.5, 0.6) is 5.75 Å². The van der Waals surface area contributed by atoms with E-state index >= 15 is 0 Å². The third-order valence-electron chi connectivity index (χ3n) is 5.59. The van der Waals surface area contributed by atoms with Crippen molar-refractivity contribution in [3.63, 3.8) is 0 Å². The number of hydrazone groups is 1. The molecule has 0 spiro atoms. The predicted molar refractivity (Wildman–Crippen MR) is 103 cm³/mol. The van der Waals surface area contributed by atoms with Crippen molar-refractivity contribution in [1.82, 2.24) is 25.8 Å². The van der Waals surface area contributed by atoms with Crippen molar-refractivity contribution >= 4 is 29.2 Å². The highest BCUT2D eigenvalue weighted by molar-refractivity contribution is 6.04. The van der Waals surface area contributed by atoms with E-state index in [9.17, 15) is 4.79 Å². The lowest BCUT2D eigenvalue weighted by atomic mass is 9.95. The van der Waals surface area contributed by atoms with Gasteiger partial charge < -0.3 is 14.1 Å². The van der Waals surface area contributed by atoms with Gasteiger partial charge in [0.05, 0.1) is 23.8 Å². The van der Waals surface area contributed by atoms with Crippen molar-refractivity contribution in [2.45, 2.75) is 25.0 Å². The van der Waals surface area contributed by atoms with Crippen molar-refractivity contribution < 1.29 is 13.9 Å². The SMILES string of the molecule is O=C1c2c(cccc2N2NC=NN2)[C@@H]2CC[C@@H](Oc3ccnc4ocnc34)CN12. The molecule has 0 bridgehead atoms. The number of pyridine rings is 1. The molecule has 5 heterocycles. The Balaban J connectivity index is 1.27. The van der Waals surface area contributed by atoms with Gasteiger partial charge in [-0.2, -0.15) is 10.7 Å². The van der Waals surface area contributed by atoms with Crippen molar-refractivity contribution in [3.05, 3.63) is 48.0 Å². The van der Waals surface area contributed by atoms with E-state index in [1.807, 2.05) is 23.1 Å². The molecule has 1 aromatic carbocycles. The number of anilines is 1. The molecule has 2 atom stereocenters. The molecule has 29 heavy (non-hydrogen) atoms. The molecule has 0 radical (unpaired) electrons. The van der Waals surface area contributed by atoms with Gasteiger partial charge in [0, 0.05) is 12.3 Å². The van der Waals surface area contributed by atoms with Gasteiger partial charge in [0.1, 0.15) is 12.4 Å². The van der Waals surface area contributed by atoms with Crippen molar-refractivity contribution in [2.75, 3.05) is 11.7 Å². The number of oxazole rings is 1. The number of amides is 1. The number of nitrogens with one attached hydrogen (secondary N) is 2. The summed E-state index contributed by atoms with van der Waals surface area (Å²) in [6, 6.07) is 7.73. The zero-order valence-corrected chi connectivity index (χ0v) is 15.3. The summed E-state index contributed by atoms with van der Waals surface area (Å²) in [5.74, 6) is 0.630. The molecule has 1 fully saturated rings. The average molecular weight is 391 g/mol. The Morgan fingerprint density at radius 2 is 2.17 bits per heavy atom. The molecule has 146 valence electrons. The number of piperidine rings is 1. The Kier molecular flexibility index (Phi) is 3.40. The maximum Gasteiger partial charge on any atom is 0.257 e. The zero-order chi connectivity index (χ0) is 19.4. The van der Waals surface area contributed by atoms with Crippen LogP contribution in [0, 0.1) is 0 Å². The summed E-state index contributed by atoms with van der Waals surface area (Å²) in [5.41, 5.74) is 9.35. The minimum atomic E-state index is -0.123. The molecule has 0 aliphatic carbocycles. The first-order valence-corrected chi connectivity index (χ1v) is 9.42.